The maximum Gasteiger partial charge on any atom is 0.246 e. The molecule has 0 aliphatic rings. The van der Waals surface area contributed by atoms with Crippen molar-refractivity contribution >= 4 is 23.6 Å². The molecule has 1 N–H and O–H groups in total. The minimum absolute atomic E-state index is 0.0135. The van der Waals surface area contributed by atoms with Crippen molar-refractivity contribution in [2.24, 2.45) is 0 Å². The lowest BCUT2D eigenvalue weighted by Gasteiger charge is -2.16. The Morgan fingerprint density at radius 1 is 1.11 bits per heavy atom. The van der Waals surface area contributed by atoms with Crippen LogP contribution in [-0.4, -0.2) is 36.9 Å². The third-order valence-corrected chi connectivity index (χ3v) is 4.41. The second-order valence-electron chi connectivity index (χ2n) is 6.74. The summed E-state index contributed by atoms with van der Waals surface area (Å²) >= 11 is 0. The molecule has 0 aliphatic heterocycles. The SMILES string of the molecule is CCCOc1ccc(C=CC(=O)N(C)CC(=O)Nc2cccc(C)c2C)cc1. The molecule has 5 nitrogen and oxygen atoms in total. The topological polar surface area (TPSA) is 58.6 Å². The lowest BCUT2D eigenvalue weighted by atomic mass is 10.1. The van der Waals surface area contributed by atoms with Crippen LogP contribution in [0.3, 0.4) is 0 Å². The molecule has 0 saturated heterocycles. The van der Waals surface area contributed by atoms with Crippen LogP contribution in [0.4, 0.5) is 5.69 Å². The van der Waals surface area contributed by atoms with Gasteiger partial charge in [-0.05, 0) is 61.2 Å². The fourth-order valence-electron chi connectivity index (χ4n) is 2.56. The molecular weight excluding hydrogens is 352 g/mol. The van der Waals surface area contributed by atoms with Gasteiger partial charge in [0.15, 0.2) is 0 Å². The molecule has 28 heavy (non-hydrogen) atoms. The van der Waals surface area contributed by atoms with Gasteiger partial charge < -0.3 is 15.0 Å². The van der Waals surface area contributed by atoms with Gasteiger partial charge in [-0.15, -0.1) is 0 Å². The van der Waals surface area contributed by atoms with Crippen LogP contribution < -0.4 is 10.1 Å². The van der Waals surface area contributed by atoms with E-state index in [1.807, 2.05) is 56.3 Å². The lowest BCUT2D eigenvalue weighted by Crippen LogP contribution is -2.34. The smallest absolute Gasteiger partial charge is 0.246 e. The number of anilines is 1. The van der Waals surface area contributed by atoms with E-state index in [0.717, 1.165) is 34.5 Å². The number of carbonyl (C=O) groups is 2. The summed E-state index contributed by atoms with van der Waals surface area (Å²) < 4.78 is 5.54. The number of nitrogens with one attached hydrogen (secondary N) is 1. The summed E-state index contributed by atoms with van der Waals surface area (Å²) in [4.78, 5) is 25.9. The number of carbonyl (C=O) groups excluding carboxylic acids is 2. The Balaban J connectivity index is 1.88. The summed E-state index contributed by atoms with van der Waals surface area (Å²) in [5.74, 6) is 0.350. The first-order valence-corrected chi connectivity index (χ1v) is 9.42. The van der Waals surface area contributed by atoms with Crippen LogP contribution in [0.5, 0.6) is 5.75 Å². The van der Waals surface area contributed by atoms with Gasteiger partial charge in [0, 0.05) is 18.8 Å². The van der Waals surface area contributed by atoms with Crippen molar-refractivity contribution in [3.05, 3.63) is 65.2 Å². The second-order valence-corrected chi connectivity index (χ2v) is 6.74. The third kappa shape index (κ3) is 6.27. The van der Waals surface area contributed by atoms with Crippen molar-refractivity contribution in [3.8, 4) is 5.75 Å². The van der Waals surface area contributed by atoms with E-state index in [1.165, 1.54) is 11.0 Å². The first kappa shape index (κ1) is 21.2. The standard InChI is InChI=1S/C23H28N2O3/c1-5-15-28-20-12-9-19(10-13-20)11-14-23(27)25(4)16-22(26)24-21-8-6-7-17(2)18(21)3/h6-14H,5,15-16H2,1-4H3,(H,24,26). The molecule has 0 saturated carbocycles. The van der Waals surface area contributed by atoms with E-state index in [2.05, 4.69) is 12.2 Å². The zero-order valence-electron chi connectivity index (χ0n) is 17.0. The maximum absolute atomic E-state index is 12.3. The molecular formula is C23H28N2O3. The molecule has 0 heterocycles. The third-order valence-electron chi connectivity index (χ3n) is 4.41. The Kier molecular flexibility index (Phi) is 7.81. The predicted molar refractivity (Wildman–Crippen MR) is 113 cm³/mol. The first-order valence-electron chi connectivity index (χ1n) is 9.42. The van der Waals surface area contributed by atoms with Gasteiger partial charge in [0.2, 0.25) is 11.8 Å². The zero-order valence-corrected chi connectivity index (χ0v) is 17.0. The molecule has 0 aliphatic carbocycles. The van der Waals surface area contributed by atoms with E-state index in [-0.39, 0.29) is 18.4 Å². The van der Waals surface area contributed by atoms with Crippen LogP contribution in [0.25, 0.3) is 6.08 Å². The molecule has 0 bridgehead atoms. The van der Waals surface area contributed by atoms with Crippen LogP contribution >= 0.6 is 0 Å². The van der Waals surface area contributed by atoms with E-state index in [9.17, 15) is 9.59 Å². The highest BCUT2D eigenvalue weighted by atomic mass is 16.5. The molecule has 148 valence electrons. The fourth-order valence-corrected chi connectivity index (χ4v) is 2.56. The molecule has 2 amide bonds. The number of nitrogens with zero attached hydrogens (tertiary/aromatic N) is 1. The maximum atomic E-state index is 12.3. The minimum Gasteiger partial charge on any atom is -0.494 e. The molecule has 0 aromatic heterocycles. The van der Waals surface area contributed by atoms with Gasteiger partial charge in [-0.25, -0.2) is 0 Å². The van der Waals surface area contributed by atoms with E-state index in [1.54, 1.807) is 13.1 Å². The Bertz CT molecular complexity index is 841. The fraction of sp³-hybridized carbons (Fsp3) is 0.304. The van der Waals surface area contributed by atoms with Gasteiger partial charge >= 0.3 is 0 Å². The summed E-state index contributed by atoms with van der Waals surface area (Å²) in [6.07, 6.45) is 4.15. The molecule has 2 aromatic rings. The van der Waals surface area contributed by atoms with Gasteiger partial charge in [-0.3, -0.25) is 9.59 Å². The number of benzene rings is 2. The molecule has 0 radical (unpaired) electrons. The van der Waals surface area contributed by atoms with Crippen LogP contribution in [-0.2, 0) is 9.59 Å². The minimum atomic E-state index is -0.234. The normalized spacial score (nSPS) is 10.7. The van der Waals surface area contributed by atoms with Crippen molar-refractivity contribution in [1.82, 2.24) is 4.90 Å². The van der Waals surface area contributed by atoms with Gasteiger partial charge in [-0.1, -0.05) is 31.2 Å². The summed E-state index contributed by atoms with van der Waals surface area (Å²) in [5.41, 5.74) is 3.80. The monoisotopic (exact) mass is 380 g/mol. The molecule has 2 rings (SSSR count). The van der Waals surface area contributed by atoms with E-state index < -0.39 is 0 Å². The number of hydrogen-bond donors (Lipinski definition) is 1. The van der Waals surface area contributed by atoms with E-state index in [4.69, 9.17) is 4.74 Å². The van der Waals surface area contributed by atoms with E-state index >= 15 is 0 Å². The van der Waals surface area contributed by atoms with Crippen LogP contribution in [0.2, 0.25) is 0 Å². The van der Waals surface area contributed by atoms with Crippen molar-refractivity contribution in [2.75, 3.05) is 25.5 Å². The number of likely N-dealkylation sites (N-methyl/N-ethyl adjacent to an activating group) is 1. The van der Waals surface area contributed by atoms with Gasteiger partial charge in [0.25, 0.3) is 0 Å². The average molecular weight is 380 g/mol. The van der Waals surface area contributed by atoms with Crippen molar-refractivity contribution in [1.29, 1.82) is 0 Å². The largest absolute Gasteiger partial charge is 0.494 e. The Labute approximate surface area is 167 Å². The molecule has 0 atom stereocenters. The summed E-state index contributed by atoms with van der Waals surface area (Å²) in [7, 11) is 1.61. The Hall–Kier alpha value is -3.08. The van der Waals surface area contributed by atoms with Crippen molar-refractivity contribution < 1.29 is 14.3 Å². The summed E-state index contributed by atoms with van der Waals surface area (Å²) in [6.45, 7) is 6.68. The quantitative estimate of drug-likeness (QED) is 0.698. The summed E-state index contributed by atoms with van der Waals surface area (Å²) in [5, 5.41) is 2.86. The molecule has 0 unspecified atom stereocenters. The highest BCUT2D eigenvalue weighted by Crippen LogP contribution is 2.18. The zero-order chi connectivity index (χ0) is 20.5. The molecule has 0 spiro atoms. The first-order chi connectivity index (χ1) is 13.4. The van der Waals surface area contributed by atoms with Gasteiger partial charge in [0.1, 0.15) is 5.75 Å². The number of rotatable bonds is 8. The number of aryl methyl sites for hydroxylation is 1. The van der Waals surface area contributed by atoms with E-state index in [0.29, 0.717) is 6.61 Å². The molecule has 5 heteroatoms. The summed E-state index contributed by atoms with van der Waals surface area (Å²) in [6, 6.07) is 13.3. The highest BCUT2D eigenvalue weighted by Gasteiger charge is 2.12. The Morgan fingerprint density at radius 3 is 2.50 bits per heavy atom. The van der Waals surface area contributed by atoms with Gasteiger partial charge in [0.05, 0.1) is 13.2 Å². The predicted octanol–water partition coefficient (Wildman–Crippen LogP) is 4.20. The van der Waals surface area contributed by atoms with Crippen LogP contribution in [0.1, 0.15) is 30.0 Å². The number of hydrogen-bond acceptors (Lipinski definition) is 3. The van der Waals surface area contributed by atoms with Crippen molar-refractivity contribution in [3.63, 3.8) is 0 Å². The number of amides is 2. The second kappa shape index (κ2) is 10.3. The molecule has 0 fully saturated rings. The van der Waals surface area contributed by atoms with Crippen LogP contribution in [0.15, 0.2) is 48.5 Å². The Morgan fingerprint density at radius 2 is 1.82 bits per heavy atom. The highest BCUT2D eigenvalue weighted by molar-refractivity contribution is 5.98. The lowest BCUT2D eigenvalue weighted by molar-refractivity contribution is -0.129. The average Bonchev–Trinajstić information content (AvgIpc) is 2.68. The number of ether oxygens (including phenoxy) is 1. The molecule has 2 aromatic carbocycles. The van der Waals surface area contributed by atoms with Crippen molar-refractivity contribution in [2.45, 2.75) is 27.2 Å². The van der Waals surface area contributed by atoms with Gasteiger partial charge in [-0.2, -0.15) is 0 Å². The van der Waals surface area contributed by atoms with Crippen LogP contribution in [0, 0.1) is 13.8 Å².